The molecule has 0 radical (unpaired) electrons. The molecule has 9 heteroatoms. The minimum Gasteiger partial charge on any atom is -0.377 e. The van der Waals surface area contributed by atoms with Crippen molar-refractivity contribution in [3.8, 4) is 0 Å². The molecule has 1 aromatic carbocycles. The first-order valence-electron chi connectivity index (χ1n) is 12.7. The standard InChI is InChI=1S/C26H36N4O5/c1-28-9-11-29(12-10-28)17-7-8-18(25(27)32)19(13-17)22(16-5-3-4-6-16)26(33)30-14-21(34-2)24-23(30)20(31)15-35-24/h7-8,13,16,21-24H,3-6,9-12,14-15H2,1-2H3,(H2,27,32)/t21-,22-,23+,24+/m0/s1. The summed E-state index contributed by atoms with van der Waals surface area (Å²) >= 11 is 0. The predicted octanol–water partition coefficient (Wildman–Crippen LogP) is 1.00. The molecule has 0 unspecified atom stereocenters. The summed E-state index contributed by atoms with van der Waals surface area (Å²) in [5.74, 6) is -1.18. The van der Waals surface area contributed by atoms with Gasteiger partial charge in [0.15, 0.2) is 5.78 Å². The number of amides is 2. The van der Waals surface area contributed by atoms with E-state index in [9.17, 15) is 14.4 Å². The highest BCUT2D eigenvalue weighted by atomic mass is 16.5. The number of benzene rings is 1. The number of rotatable bonds is 6. The molecule has 0 spiro atoms. The van der Waals surface area contributed by atoms with Gasteiger partial charge in [-0.25, -0.2) is 0 Å². The third-order valence-electron chi connectivity index (χ3n) is 8.37. The van der Waals surface area contributed by atoms with Gasteiger partial charge in [0.2, 0.25) is 11.8 Å². The monoisotopic (exact) mass is 484 g/mol. The Balaban J connectivity index is 1.54. The van der Waals surface area contributed by atoms with Crippen LogP contribution in [0.3, 0.4) is 0 Å². The zero-order chi connectivity index (χ0) is 24.7. The number of likely N-dealkylation sites (N-methyl/N-ethyl adjacent to an activating group) is 1. The van der Waals surface area contributed by atoms with Crippen LogP contribution >= 0.6 is 0 Å². The van der Waals surface area contributed by atoms with Gasteiger partial charge in [0.05, 0.1) is 12.5 Å². The van der Waals surface area contributed by atoms with E-state index in [-0.39, 0.29) is 30.3 Å². The lowest BCUT2D eigenvalue weighted by Crippen LogP contribution is -2.46. The second-order valence-corrected chi connectivity index (χ2v) is 10.4. The molecule has 4 aliphatic rings. The molecule has 3 heterocycles. The van der Waals surface area contributed by atoms with Crippen molar-refractivity contribution < 1.29 is 23.9 Å². The van der Waals surface area contributed by atoms with Crippen molar-refractivity contribution >= 4 is 23.3 Å². The van der Waals surface area contributed by atoms with Gasteiger partial charge >= 0.3 is 0 Å². The first kappa shape index (κ1) is 24.2. The van der Waals surface area contributed by atoms with Gasteiger partial charge in [-0.2, -0.15) is 0 Å². The van der Waals surface area contributed by atoms with Crippen LogP contribution < -0.4 is 10.6 Å². The number of anilines is 1. The fourth-order valence-electron chi connectivity index (χ4n) is 6.40. The van der Waals surface area contributed by atoms with Crippen molar-refractivity contribution in [2.24, 2.45) is 11.7 Å². The molecule has 0 bridgehead atoms. The molecule has 4 fully saturated rings. The second-order valence-electron chi connectivity index (χ2n) is 10.4. The third-order valence-corrected chi connectivity index (χ3v) is 8.37. The molecule has 3 aliphatic heterocycles. The van der Waals surface area contributed by atoms with E-state index in [1.807, 2.05) is 12.1 Å². The lowest BCUT2D eigenvalue weighted by Gasteiger charge is -2.35. The van der Waals surface area contributed by atoms with E-state index in [1.165, 1.54) is 0 Å². The van der Waals surface area contributed by atoms with Crippen LogP contribution in [0.5, 0.6) is 0 Å². The van der Waals surface area contributed by atoms with Crippen molar-refractivity contribution in [2.75, 3.05) is 58.4 Å². The molecule has 1 aromatic rings. The fourth-order valence-corrected chi connectivity index (χ4v) is 6.40. The normalized spacial score (nSPS) is 28.5. The summed E-state index contributed by atoms with van der Waals surface area (Å²) in [6.45, 7) is 3.98. The largest absolute Gasteiger partial charge is 0.377 e. The molecule has 3 saturated heterocycles. The maximum absolute atomic E-state index is 14.3. The average molecular weight is 485 g/mol. The van der Waals surface area contributed by atoms with Crippen LogP contribution in [0.1, 0.15) is 47.5 Å². The predicted molar refractivity (Wildman–Crippen MR) is 130 cm³/mol. The van der Waals surface area contributed by atoms with E-state index in [0.29, 0.717) is 17.7 Å². The van der Waals surface area contributed by atoms with Gasteiger partial charge in [0, 0.05) is 44.5 Å². The van der Waals surface area contributed by atoms with Crippen LogP contribution in [0.15, 0.2) is 18.2 Å². The average Bonchev–Trinajstić information content (AvgIpc) is 3.58. The smallest absolute Gasteiger partial charge is 0.249 e. The van der Waals surface area contributed by atoms with Gasteiger partial charge in [-0.05, 0) is 49.6 Å². The van der Waals surface area contributed by atoms with Crippen molar-refractivity contribution in [1.29, 1.82) is 0 Å². The molecule has 2 amide bonds. The van der Waals surface area contributed by atoms with E-state index >= 15 is 0 Å². The summed E-state index contributed by atoms with van der Waals surface area (Å²) in [6.07, 6.45) is 3.14. The van der Waals surface area contributed by atoms with E-state index in [4.69, 9.17) is 15.2 Å². The number of ketones is 1. The number of piperazine rings is 1. The number of primary amides is 1. The van der Waals surface area contributed by atoms with Crippen molar-refractivity contribution in [2.45, 2.75) is 49.9 Å². The van der Waals surface area contributed by atoms with Crippen LogP contribution in [0.2, 0.25) is 0 Å². The van der Waals surface area contributed by atoms with Crippen LogP contribution in [-0.2, 0) is 19.1 Å². The lowest BCUT2D eigenvalue weighted by atomic mass is 9.80. The Kier molecular flexibility index (Phi) is 6.83. The van der Waals surface area contributed by atoms with E-state index in [0.717, 1.165) is 57.5 Å². The quantitative estimate of drug-likeness (QED) is 0.642. The zero-order valence-electron chi connectivity index (χ0n) is 20.7. The molecule has 4 atom stereocenters. The summed E-state index contributed by atoms with van der Waals surface area (Å²) in [7, 11) is 3.69. The molecular weight excluding hydrogens is 448 g/mol. The lowest BCUT2D eigenvalue weighted by molar-refractivity contribution is -0.139. The first-order valence-corrected chi connectivity index (χ1v) is 12.7. The summed E-state index contributed by atoms with van der Waals surface area (Å²) in [5.41, 5.74) is 7.91. The summed E-state index contributed by atoms with van der Waals surface area (Å²) in [4.78, 5) is 45.8. The number of carbonyl (C=O) groups is 3. The zero-order valence-corrected chi connectivity index (χ0v) is 20.7. The Bertz CT molecular complexity index is 986. The topological polar surface area (TPSA) is 105 Å². The van der Waals surface area contributed by atoms with Crippen LogP contribution in [0.25, 0.3) is 0 Å². The van der Waals surface area contributed by atoms with Gasteiger partial charge in [-0.1, -0.05) is 12.8 Å². The number of Topliss-reactive ketones (excluding diaryl/α,β-unsaturated/α-hetero) is 1. The Morgan fingerprint density at radius 2 is 1.86 bits per heavy atom. The second kappa shape index (κ2) is 9.87. The van der Waals surface area contributed by atoms with Crippen molar-refractivity contribution in [1.82, 2.24) is 9.80 Å². The van der Waals surface area contributed by atoms with Gasteiger partial charge in [-0.15, -0.1) is 0 Å². The molecule has 0 aromatic heterocycles. The van der Waals surface area contributed by atoms with Gasteiger partial charge in [-0.3, -0.25) is 14.4 Å². The highest BCUT2D eigenvalue weighted by Gasteiger charge is 2.54. The molecule has 1 aliphatic carbocycles. The number of nitrogens with zero attached hydrogens (tertiary/aromatic N) is 3. The highest BCUT2D eigenvalue weighted by molar-refractivity contribution is 5.99. The van der Waals surface area contributed by atoms with Gasteiger partial charge in [0.1, 0.15) is 24.9 Å². The summed E-state index contributed by atoms with van der Waals surface area (Å²) in [6, 6.07) is 5.08. The minimum absolute atomic E-state index is 0.00149. The molecule has 9 nitrogen and oxygen atoms in total. The number of nitrogens with two attached hydrogens (primary N) is 1. The Labute approximate surface area is 206 Å². The summed E-state index contributed by atoms with van der Waals surface area (Å²) in [5, 5.41) is 0. The van der Waals surface area contributed by atoms with E-state index in [2.05, 4.69) is 16.8 Å². The highest BCUT2D eigenvalue weighted by Crippen LogP contribution is 2.43. The number of hydrogen-bond acceptors (Lipinski definition) is 7. The Morgan fingerprint density at radius 1 is 1.14 bits per heavy atom. The summed E-state index contributed by atoms with van der Waals surface area (Å²) < 4.78 is 11.3. The number of methoxy groups -OCH3 is 1. The molecule has 190 valence electrons. The van der Waals surface area contributed by atoms with Crippen LogP contribution in [0.4, 0.5) is 5.69 Å². The van der Waals surface area contributed by atoms with Gasteiger partial charge < -0.3 is 29.9 Å². The molecular formula is C26H36N4O5. The molecule has 2 N–H and O–H groups in total. The maximum Gasteiger partial charge on any atom is 0.249 e. The number of ether oxygens (including phenoxy) is 2. The van der Waals surface area contributed by atoms with Crippen LogP contribution in [0, 0.1) is 5.92 Å². The number of likely N-dealkylation sites (tertiary alicyclic amines) is 1. The van der Waals surface area contributed by atoms with Crippen LogP contribution in [-0.4, -0.2) is 99.1 Å². The van der Waals surface area contributed by atoms with E-state index < -0.39 is 24.0 Å². The SMILES string of the molecule is CO[C@H]1CN(C(=O)[C@H](c2cc(N3CCN(C)CC3)ccc2C(N)=O)C2CCCC2)[C@@H]2C(=O)CO[C@H]12. The first-order chi connectivity index (χ1) is 16.9. The minimum atomic E-state index is -0.630. The third kappa shape index (κ3) is 4.45. The van der Waals surface area contributed by atoms with Crippen molar-refractivity contribution in [3.63, 3.8) is 0 Å². The molecule has 5 rings (SSSR count). The van der Waals surface area contributed by atoms with Crippen molar-refractivity contribution in [3.05, 3.63) is 29.3 Å². The molecule has 35 heavy (non-hydrogen) atoms. The molecule has 1 saturated carbocycles. The maximum atomic E-state index is 14.3. The Morgan fingerprint density at radius 3 is 2.51 bits per heavy atom. The van der Waals surface area contributed by atoms with E-state index in [1.54, 1.807) is 18.1 Å². The number of carbonyl (C=O) groups excluding carboxylic acids is 3. The fraction of sp³-hybridized carbons (Fsp3) is 0.654. The number of hydrogen-bond donors (Lipinski definition) is 1. The number of fused-ring (bicyclic) bond motifs is 1. The Hall–Kier alpha value is -2.49. The van der Waals surface area contributed by atoms with Gasteiger partial charge in [0.25, 0.3) is 0 Å².